The molecule has 0 bridgehead atoms. The Labute approximate surface area is 197 Å². The van der Waals surface area contributed by atoms with Gasteiger partial charge in [0.15, 0.2) is 0 Å². The van der Waals surface area contributed by atoms with Crippen LogP contribution >= 0.6 is 0 Å². The van der Waals surface area contributed by atoms with Gasteiger partial charge in [-0.25, -0.2) is 8.42 Å². The molecule has 1 aliphatic carbocycles. The molecule has 1 aromatic carbocycles. The summed E-state index contributed by atoms with van der Waals surface area (Å²) in [7, 11) is -1.44. The van der Waals surface area contributed by atoms with Crippen LogP contribution < -0.4 is 10.2 Å². The highest BCUT2D eigenvalue weighted by atomic mass is 32.2. The minimum absolute atomic E-state index is 0.192. The summed E-state index contributed by atoms with van der Waals surface area (Å²) in [6, 6.07) is 4.80. The molecule has 0 spiro atoms. The molecule has 1 N–H and O–H groups in total. The number of hydrogen-bond acceptors (Lipinski definition) is 5. The van der Waals surface area contributed by atoms with Gasteiger partial charge in [-0.05, 0) is 56.5 Å². The van der Waals surface area contributed by atoms with Gasteiger partial charge in [0.05, 0.1) is 4.90 Å². The van der Waals surface area contributed by atoms with Crippen LogP contribution in [0.1, 0.15) is 57.4 Å². The quantitative estimate of drug-likeness (QED) is 0.651. The van der Waals surface area contributed by atoms with Crippen LogP contribution in [-0.2, 0) is 26.0 Å². The molecule has 3 aliphatic rings. The van der Waals surface area contributed by atoms with Gasteiger partial charge in [-0.1, -0.05) is 19.3 Å². The predicted octanol–water partition coefficient (Wildman–Crippen LogP) is 2.13. The lowest BCUT2D eigenvalue weighted by Gasteiger charge is -2.31. The molecular formula is C24H36N4O4S. The third kappa shape index (κ3) is 5.10. The maximum Gasteiger partial charge on any atom is 0.243 e. The molecule has 1 atom stereocenters. The third-order valence-corrected chi connectivity index (χ3v) is 9.24. The van der Waals surface area contributed by atoms with Crippen molar-refractivity contribution in [2.45, 2.75) is 75.3 Å². The summed E-state index contributed by atoms with van der Waals surface area (Å²) in [5, 5.41) is 3.00. The number of carbonyl (C=O) groups excluding carboxylic acids is 2. The monoisotopic (exact) mass is 476 g/mol. The maximum absolute atomic E-state index is 13.0. The van der Waals surface area contributed by atoms with E-state index >= 15 is 0 Å². The Kier molecular flexibility index (Phi) is 7.40. The average Bonchev–Trinajstić information content (AvgIpc) is 3.47. The fraction of sp³-hybridized carbons (Fsp3) is 0.667. The van der Waals surface area contributed by atoms with E-state index in [9.17, 15) is 18.0 Å². The standard InChI is InChI=1S/C24H36N4O4S/c1-18(29)28-22-11-10-21(33(31,32)27-13-6-7-14-27)16-19(22)17-23(28)24(30)25-12-15-26(2)20-8-4-3-5-9-20/h10-11,16,20,23H,3-9,12-15,17H2,1-2H3,(H,25,30). The van der Waals surface area contributed by atoms with Crippen molar-refractivity contribution in [3.63, 3.8) is 0 Å². The zero-order valence-electron chi connectivity index (χ0n) is 19.8. The number of amides is 2. The molecule has 2 aliphatic heterocycles. The number of rotatable bonds is 7. The Bertz CT molecular complexity index is 984. The third-order valence-electron chi connectivity index (χ3n) is 7.34. The van der Waals surface area contributed by atoms with Gasteiger partial charge < -0.3 is 10.2 Å². The van der Waals surface area contributed by atoms with Gasteiger partial charge in [0.2, 0.25) is 21.8 Å². The zero-order chi connectivity index (χ0) is 23.6. The van der Waals surface area contributed by atoms with E-state index in [0.717, 1.165) is 24.9 Å². The van der Waals surface area contributed by atoms with Gasteiger partial charge >= 0.3 is 0 Å². The SMILES string of the molecule is CC(=O)N1c2ccc(S(=O)(=O)N3CCCC3)cc2CC1C(=O)NCCN(C)C1CCCCC1. The van der Waals surface area contributed by atoms with Crippen molar-refractivity contribution in [3.05, 3.63) is 23.8 Å². The highest BCUT2D eigenvalue weighted by Crippen LogP contribution is 2.35. The maximum atomic E-state index is 13.0. The van der Waals surface area contributed by atoms with Crippen LogP contribution in [0.2, 0.25) is 0 Å². The van der Waals surface area contributed by atoms with Gasteiger partial charge in [-0.2, -0.15) is 4.31 Å². The molecular weight excluding hydrogens is 440 g/mol. The Morgan fingerprint density at radius 1 is 1.09 bits per heavy atom. The molecule has 2 amide bonds. The summed E-state index contributed by atoms with van der Waals surface area (Å²) in [5.41, 5.74) is 1.35. The highest BCUT2D eigenvalue weighted by Gasteiger charge is 2.38. The van der Waals surface area contributed by atoms with Crippen LogP contribution in [0.25, 0.3) is 0 Å². The molecule has 9 heteroatoms. The second-order valence-corrected chi connectivity index (χ2v) is 11.5. The van der Waals surface area contributed by atoms with Crippen molar-refractivity contribution in [1.29, 1.82) is 0 Å². The van der Waals surface area contributed by atoms with Crippen molar-refractivity contribution in [2.75, 3.05) is 38.1 Å². The number of fused-ring (bicyclic) bond motifs is 1. The molecule has 182 valence electrons. The van der Waals surface area contributed by atoms with Crippen molar-refractivity contribution < 1.29 is 18.0 Å². The van der Waals surface area contributed by atoms with Gasteiger partial charge in [-0.3, -0.25) is 14.5 Å². The lowest BCUT2D eigenvalue weighted by Crippen LogP contribution is -2.49. The summed E-state index contributed by atoms with van der Waals surface area (Å²) < 4.78 is 27.4. The number of nitrogens with one attached hydrogen (secondary N) is 1. The van der Waals surface area contributed by atoms with E-state index in [1.807, 2.05) is 0 Å². The fourth-order valence-electron chi connectivity index (χ4n) is 5.44. The van der Waals surface area contributed by atoms with Gasteiger partial charge in [0.25, 0.3) is 0 Å². The number of likely N-dealkylation sites (N-methyl/N-ethyl adjacent to an activating group) is 1. The summed E-state index contributed by atoms with van der Waals surface area (Å²) in [4.78, 5) is 29.5. The molecule has 0 radical (unpaired) electrons. The van der Waals surface area contributed by atoms with Crippen molar-refractivity contribution in [2.24, 2.45) is 0 Å². The van der Waals surface area contributed by atoms with Crippen LogP contribution in [0.5, 0.6) is 0 Å². The van der Waals surface area contributed by atoms with Crippen LogP contribution in [0.4, 0.5) is 5.69 Å². The highest BCUT2D eigenvalue weighted by molar-refractivity contribution is 7.89. The van der Waals surface area contributed by atoms with E-state index in [1.165, 1.54) is 48.2 Å². The predicted molar refractivity (Wildman–Crippen MR) is 128 cm³/mol. The lowest BCUT2D eigenvalue weighted by molar-refractivity contribution is -0.125. The summed E-state index contributed by atoms with van der Waals surface area (Å²) in [6.07, 6.45) is 8.34. The number of benzene rings is 1. The van der Waals surface area contributed by atoms with Crippen molar-refractivity contribution in [1.82, 2.24) is 14.5 Å². The zero-order valence-corrected chi connectivity index (χ0v) is 20.6. The van der Waals surface area contributed by atoms with Gasteiger partial charge in [0.1, 0.15) is 6.04 Å². The van der Waals surface area contributed by atoms with E-state index in [1.54, 1.807) is 18.2 Å². The molecule has 2 heterocycles. The first-order valence-electron chi connectivity index (χ1n) is 12.2. The van der Waals surface area contributed by atoms with E-state index in [0.29, 0.717) is 37.8 Å². The molecule has 4 rings (SSSR count). The topological polar surface area (TPSA) is 90.0 Å². The summed E-state index contributed by atoms with van der Waals surface area (Å²) in [6.45, 7) is 3.83. The molecule has 8 nitrogen and oxygen atoms in total. The molecule has 1 aromatic rings. The summed E-state index contributed by atoms with van der Waals surface area (Å²) >= 11 is 0. The number of nitrogens with zero attached hydrogens (tertiary/aromatic N) is 3. The van der Waals surface area contributed by atoms with Crippen molar-refractivity contribution >= 4 is 27.5 Å². The Morgan fingerprint density at radius 3 is 2.45 bits per heavy atom. The van der Waals surface area contributed by atoms with Crippen LogP contribution in [0.3, 0.4) is 0 Å². The average molecular weight is 477 g/mol. The Hall–Kier alpha value is -1.97. The minimum atomic E-state index is -3.55. The molecule has 33 heavy (non-hydrogen) atoms. The van der Waals surface area contributed by atoms with Crippen LogP contribution in [-0.4, -0.2) is 74.7 Å². The Morgan fingerprint density at radius 2 is 1.79 bits per heavy atom. The molecule has 1 unspecified atom stereocenters. The number of hydrogen-bond donors (Lipinski definition) is 1. The first kappa shape index (κ1) is 24.2. The Balaban J connectivity index is 1.42. The second-order valence-electron chi connectivity index (χ2n) is 9.57. The van der Waals surface area contributed by atoms with E-state index < -0.39 is 16.1 Å². The molecule has 1 saturated carbocycles. The fourth-order valence-corrected chi connectivity index (χ4v) is 7.01. The normalized spacial score (nSPS) is 22.0. The van der Waals surface area contributed by atoms with Crippen molar-refractivity contribution in [3.8, 4) is 0 Å². The van der Waals surface area contributed by atoms with E-state index in [4.69, 9.17) is 0 Å². The van der Waals surface area contributed by atoms with E-state index in [2.05, 4.69) is 17.3 Å². The lowest BCUT2D eigenvalue weighted by atomic mass is 9.94. The number of carbonyl (C=O) groups is 2. The van der Waals surface area contributed by atoms with Crippen LogP contribution in [0, 0.1) is 0 Å². The number of anilines is 1. The number of sulfonamides is 1. The smallest absolute Gasteiger partial charge is 0.243 e. The second kappa shape index (κ2) is 10.1. The first-order valence-corrected chi connectivity index (χ1v) is 13.6. The van der Waals surface area contributed by atoms with Gasteiger partial charge in [-0.15, -0.1) is 0 Å². The van der Waals surface area contributed by atoms with Gasteiger partial charge in [0, 0.05) is 51.3 Å². The molecule has 1 saturated heterocycles. The summed E-state index contributed by atoms with van der Waals surface area (Å²) in [5.74, 6) is -0.411. The van der Waals surface area contributed by atoms with E-state index in [-0.39, 0.29) is 16.7 Å². The first-order chi connectivity index (χ1) is 15.8. The van der Waals surface area contributed by atoms with Crippen LogP contribution in [0.15, 0.2) is 23.1 Å². The molecule has 0 aromatic heterocycles. The molecule has 2 fully saturated rings. The minimum Gasteiger partial charge on any atom is -0.353 e. The largest absolute Gasteiger partial charge is 0.353 e.